The van der Waals surface area contributed by atoms with Crippen LogP contribution in [0.5, 0.6) is 0 Å². The number of carbonyl (C=O) groups is 2. The van der Waals surface area contributed by atoms with Crippen LogP contribution in [0.4, 0.5) is 5.69 Å². The number of hydrogen-bond donors (Lipinski definition) is 3. The van der Waals surface area contributed by atoms with Gasteiger partial charge in [-0.15, -0.1) is 0 Å². The first-order valence-corrected chi connectivity index (χ1v) is 5.82. The van der Waals surface area contributed by atoms with Gasteiger partial charge in [-0.1, -0.05) is 28.1 Å². The summed E-state index contributed by atoms with van der Waals surface area (Å²) in [5.74, 6) is -1.54. The van der Waals surface area contributed by atoms with E-state index in [9.17, 15) is 9.59 Å². The maximum Gasteiger partial charge on any atom is 0.313 e. The second-order valence-corrected chi connectivity index (χ2v) is 4.55. The standard InChI is InChI=1S/C10H10BrN3O2S/c11-6-1-3-7(4-2-6)14-10(16)9(15)13-5-8(12)17/h1-4H,5H2,(H2,12,17)(H,13,15)(H,14,16). The molecule has 0 aliphatic heterocycles. The van der Waals surface area contributed by atoms with E-state index in [1.165, 1.54) is 0 Å². The lowest BCUT2D eigenvalue weighted by Crippen LogP contribution is -2.39. The van der Waals surface area contributed by atoms with Crippen LogP contribution in [-0.4, -0.2) is 23.3 Å². The number of nitrogens with two attached hydrogens (primary N) is 1. The molecule has 0 bridgehead atoms. The zero-order valence-electron chi connectivity index (χ0n) is 8.70. The molecule has 17 heavy (non-hydrogen) atoms. The molecule has 1 aromatic rings. The van der Waals surface area contributed by atoms with Crippen LogP contribution in [0.25, 0.3) is 0 Å². The van der Waals surface area contributed by atoms with Gasteiger partial charge in [-0.25, -0.2) is 0 Å². The van der Waals surface area contributed by atoms with E-state index in [1.807, 2.05) is 0 Å². The highest BCUT2D eigenvalue weighted by atomic mass is 79.9. The molecule has 0 saturated heterocycles. The number of thiocarbonyl (C=S) groups is 1. The second kappa shape index (κ2) is 6.31. The predicted molar refractivity (Wildman–Crippen MR) is 72.6 cm³/mol. The van der Waals surface area contributed by atoms with Gasteiger partial charge in [-0.3, -0.25) is 9.59 Å². The Balaban J connectivity index is 2.51. The van der Waals surface area contributed by atoms with Gasteiger partial charge in [0.05, 0.1) is 11.5 Å². The monoisotopic (exact) mass is 315 g/mol. The van der Waals surface area contributed by atoms with Gasteiger partial charge in [-0.2, -0.15) is 0 Å². The van der Waals surface area contributed by atoms with Gasteiger partial charge < -0.3 is 16.4 Å². The molecule has 0 spiro atoms. The zero-order chi connectivity index (χ0) is 12.8. The van der Waals surface area contributed by atoms with E-state index < -0.39 is 11.8 Å². The topological polar surface area (TPSA) is 84.2 Å². The van der Waals surface area contributed by atoms with E-state index in [-0.39, 0.29) is 11.5 Å². The maximum absolute atomic E-state index is 11.4. The Labute approximate surface area is 112 Å². The first-order valence-electron chi connectivity index (χ1n) is 4.62. The lowest BCUT2D eigenvalue weighted by molar-refractivity contribution is -0.135. The molecule has 0 aromatic heterocycles. The first-order chi connectivity index (χ1) is 7.99. The molecular weight excluding hydrogens is 306 g/mol. The van der Waals surface area contributed by atoms with Crippen molar-refractivity contribution >= 4 is 50.6 Å². The third-order valence-electron chi connectivity index (χ3n) is 1.73. The lowest BCUT2D eigenvalue weighted by Gasteiger charge is -2.05. The smallest absolute Gasteiger partial charge is 0.313 e. The van der Waals surface area contributed by atoms with Crippen molar-refractivity contribution in [3.05, 3.63) is 28.7 Å². The fourth-order valence-corrected chi connectivity index (χ4v) is 1.31. The summed E-state index contributed by atoms with van der Waals surface area (Å²) in [7, 11) is 0. The number of amides is 2. The summed E-state index contributed by atoms with van der Waals surface area (Å²) in [5.41, 5.74) is 5.72. The molecule has 0 atom stereocenters. The second-order valence-electron chi connectivity index (χ2n) is 3.11. The van der Waals surface area contributed by atoms with Crippen LogP contribution >= 0.6 is 28.1 Å². The third kappa shape index (κ3) is 4.92. The fraction of sp³-hybridized carbons (Fsp3) is 0.100. The van der Waals surface area contributed by atoms with Crippen molar-refractivity contribution < 1.29 is 9.59 Å². The molecule has 0 fully saturated rings. The minimum Gasteiger partial charge on any atom is -0.392 e. The maximum atomic E-state index is 11.4. The summed E-state index contributed by atoms with van der Waals surface area (Å²) in [4.78, 5) is 22.8. The van der Waals surface area contributed by atoms with Crippen LogP contribution in [0.1, 0.15) is 0 Å². The van der Waals surface area contributed by atoms with Gasteiger partial charge in [-0.05, 0) is 24.3 Å². The Bertz CT molecular complexity index is 447. The van der Waals surface area contributed by atoms with Crippen LogP contribution < -0.4 is 16.4 Å². The SMILES string of the molecule is NC(=S)CNC(=O)C(=O)Nc1ccc(Br)cc1. The molecule has 0 heterocycles. The summed E-state index contributed by atoms with van der Waals surface area (Å²) >= 11 is 7.83. The molecule has 4 N–H and O–H groups in total. The number of nitrogens with one attached hydrogen (secondary N) is 2. The van der Waals surface area contributed by atoms with Gasteiger partial charge >= 0.3 is 11.8 Å². The van der Waals surface area contributed by atoms with Gasteiger partial charge in [0.2, 0.25) is 0 Å². The van der Waals surface area contributed by atoms with Crippen molar-refractivity contribution in [1.29, 1.82) is 0 Å². The summed E-state index contributed by atoms with van der Waals surface area (Å²) in [5, 5.41) is 4.72. The molecule has 0 radical (unpaired) electrons. The van der Waals surface area contributed by atoms with Gasteiger partial charge in [0, 0.05) is 10.2 Å². The summed E-state index contributed by atoms with van der Waals surface area (Å²) in [6.45, 7) is 0.00191. The van der Waals surface area contributed by atoms with E-state index >= 15 is 0 Å². The highest BCUT2D eigenvalue weighted by Gasteiger charge is 2.12. The largest absolute Gasteiger partial charge is 0.392 e. The Morgan fingerprint density at radius 2 is 1.82 bits per heavy atom. The predicted octanol–water partition coefficient (Wildman–Crippen LogP) is 0.790. The van der Waals surface area contributed by atoms with Crippen LogP contribution in [0.3, 0.4) is 0 Å². The molecule has 0 unspecified atom stereocenters. The molecule has 7 heteroatoms. The van der Waals surface area contributed by atoms with E-state index in [4.69, 9.17) is 5.73 Å². The normalized spacial score (nSPS) is 9.47. The van der Waals surface area contributed by atoms with Crippen LogP contribution in [-0.2, 0) is 9.59 Å². The minimum atomic E-state index is -0.777. The molecule has 1 aromatic carbocycles. The average molecular weight is 316 g/mol. The highest BCUT2D eigenvalue weighted by molar-refractivity contribution is 9.10. The van der Waals surface area contributed by atoms with Gasteiger partial charge in [0.1, 0.15) is 0 Å². The summed E-state index contributed by atoms with van der Waals surface area (Å²) in [6, 6.07) is 6.84. The van der Waals surface area contributed by atoms with Crippen molar-refractivity contribution in [2.24, 2.45) is 5.73 Å². The van der Waals surface area contributed by atoms with Crippen LogP contribution in [0.2, 0.25) is 0 Å². The van der Waals surface area contributed by atoms with Crippen molar-refractivity contribution in [2.45, 2.75) is 0 Å². The third-order valence-corrected chi connectivity index (χ3v) is 2.40. The summed E-state index contributed by atoms with van der Waals surface area (Å²) in [6.07, 6.45) is 0. The molecule has 1 rings (SSSR count). The van der Waals surface area contributed by atoms with Crippen molar-refractivity contribution in [1.82, 2.24) is 5.32 Å². The summed E-state index contributed by atoms with van der Waals surface area (Å²) < 4.78 is 0.883. The number of halogens is 1. The van der Waals surface area contributed by atoms with Crippen LogP contribution in [0, 0.1) is 0 Å². The Hall–Kier alpha value is -1.47. The Kier molecular flexibility index (Phi) is 5.05. The Morgan fingerprint density at radius 1 is 1.24 bits per heavy atom. The molecule has 0 aliphatic carbocycles. The highest BCUT2D eigenvalue weighted by Crippen LogP contribution is 2.13. The lowest BCUT2D eigenvalue weighted by atomic mass is 10.3. The number of anilines is 1. The van der Waals surface area contributed by atoms with Crippen molar-refractivity contribution in [2.75, 3.05) is 11.9 Å². The number of carbonyl (C=O) groups excluding carboxylic acids is 2. The van der Waals surface area contributed by atoms with Gasteiger partial charge in [0.15, 0.2) is 0 Å². The molecule has 2 amide bonds. The average Bonchev–Trinajstić information content (AvgIpc) is 2.28. The van der Waals surface area contributed by atoms with Gasteiger partial charge in [0.25, 0.3) is 0 Å². The van der Waals surface area contributed by atoms with Crippen molar-refractivity contribution in [3.63, 3.8) is 0 Å². The number of benzene rings is 1. The quantitative estimate of drug-likeness (QED) is 0.569. The molecule has 5 nitrogen and oxygen atoms in total. The molecular formula is C10H10BrN3O2S. The van der Waals surface area contributed by atoms with E-state index in [0.29, 0.717) is 5.69 Å². The molecule has 0 saturated carbocycles. The van der Waals surface area contributed by atoms with Crippen molar-refractivity contribution in [3.8, 4) is 0 Å². The molecule has 90 valence electrons. The van der Waals surface area contributed by atoms with E-state index in [1.54, 1.807) is 24.3 Å². The van der Waals surface area contributed by atoms with Crippen LogP contribution in [0.15, 0.2) is 28.7 Å². The number of rotatable bonds is 3. The first kappa shape index (κ1) is 13.6. The minimum absolute atomic E-state index is 0.00191. The molecule has 0 aliphatic rings. The fourth-order valence-electron chi connectivity index (χ4n) is 0.969. The Morgan fingerprint density at radius 3 is 2.35 bits per heavy atom. The zero-order valence-corrected chi connectivity index (χ0v) is 11.1. The number of hydrogen-bond acceptors (Lipinski definition) is 3. The van der Waals surface area contributed by atoms with E-state index in [0.717, 1.165) is 4.47 Å². The van der Waals surface area contributed by atoms with E-state index in [2.05, 4.69) is 38.8 Å².